The van der Waals surface area contributed by atoms with E-state index in [1.54, 1.807) is 31.2 Å². The van der Waals surface area contributed by atoms with Crippen molar-refractivity contribution in [3.05, 3.63) is 77.9 Å². The second-order valence-electron chi connectivity index (χ2n) is 6.84. The van der Waals surface area contributed by atoms with Gasteiger partial charge in [0.2, 0.25) is 0 Å². The van der Waals surface area contributed by atoms with E-state index in [1.807, 2.05) is 0 Å². The summed E-state index contributed by atoms with van der Waals surface area (Å²) >= 11 is 0. The van der Waals surface area contributed by atoms with Crippen LogP contribution in [-0.4, -0.2) is 27.8 Å². The second-order valence-corrected chi connectivity index (χ2v) is 8.49. The maximum atomic E-state index is 12.9. The molecule has 0 spiro atoms. The predicted molar refractivity (Wildman–Crippen MR) is 116 cm³/mol. The smallest absolute Gasteiger partial charge is 0.497 e. The van der Waals surface area contributed by atoms with Crippen LogP contribution in [0.4, 0.5) is 24.5 Å². The average Bonchev–Trinajstić information content (AvgIpc) is 2.74. The third-order valence-electron chi connectivity index (χ3n) is 4.43. The molecule has 0 heterocycles. The molecule has 3 aromatic carbocycles. The Hall–Kier alpha value is -3.73. The first-order valence-electron chi connectivity index (χ1n) is 9.41. The fraction of sp³-hybridized carbons (Fsp3) is 0.136. The normalized spacial score (nSPS) is 11.5. The monoisotopic (exact) mass is 480 g/mol. The molecule has 0 aliphatic carbocycles. The highest BCUT2D eigenvalue weighted by Gasteiger charge is 2.31. The maximum Gasteiger partial charge on any atom is 0.573 e. The molecule has 1 amide bonds. The summed E-state index contributed by atoms with van der Waals surface area (Å²) in [5.41, 5.74) is 1.02. The van der Waals surface area contributed by atoms with Crippen molar-refractivity contribution in [2.45, 2.75) is 18.2 Å². The van der Waals surface area contributed by atoms with Gasteiger partial charge in [-0.15, -0.1) is 13.2 Å². The third kappa shape index (κ3) is 6.39. The van der Waals surface area contributed by atoms with Crippen molar-refractivity contribution in [2.75, 3.05) is 17.1 Å². The summed E-state index contributed by atoms with van der Waals surface area (Å²) in [7, 11) is -2.48. The number of aryl methyl sites for hydroxylation is 1. The highest BCUT2D eigenvalue weighted by Crippen LogP contribution is 2.26. The van der Waals surface area contributed by atoms with Crippen LogP contribution in [0.25, 0.3) is 0 Å². The van der Waals surface area contributed by atoms with Crippen molar-refractivity contribution in [3.8, 4) is 11.5 Å². The van der Waals surface area contributed by atoms with E-state index in [0.29, 0.717) is 17.0 Å². The summed E-state index contributed by atoms with van der Waals surface area (Å²) in [4.78, 5) is 12.4. The zero-order chi connectivity index (χ0) is 24.2. The van der Waals surface area contributed by atoms with Gasteiger partial charge in [-0.05, 0) is 73.2 Å². The molecule has 0 aliphatic rings. The fourth-order valence-electron chi connectivity index (χ4n) is 2.85. The van der Waals surface area contributed by atoms with Gasteiger partial charge in [0.05, 0.1) is 12.0 Å². The van der Waals surface area contributed by atoms with Gasteiger partial charge < -0.3 is 14.8 Å². The Kier molecular flexibility index (Phi) is 6.82. The Morgan fingerprint density at radius 3 is 2.03 bits per heavy atom. The number of hydrogen-bond donors (Lipinski definition) is 2. The van der Waals surface area contributed by atoms with E-state index in [-0.39, 0.29) is 16.1 Å². The van der Waals surface area contributed by atoms with Crippen molar-refractivity contribution in [2.24, 2.45) is 0 Å². The van der Waals surface area contributed by atoms with Crippen molar-refractivity contribution in [1.29, 1.82) is 0 Å². The summed E-state index contributed by atoms with van der Waals surface area (Å²) in [5.74, 6) is -0.534. The van der Waals surface area contributed by atoms with Gasteiger partial charge in [-0.2, -0.15) is 0 Å². The van der Waals surface area contributed by atoms with Gasteiger partial charge in [0.1, 0.15) is 11.5 Å². The van der Waals surface area contributed by atoms with Crippen LogP contribution in [0.1, 0.15) is 15.9 Å². The van der Waals surface area contributed by atoms with E-state index < -0.39 is 28.0 Å². The van der Waals surface area contributed by atoms with Crippen LogP contribution in [0.2, 0.25) is 0 Å². The Labute approximate surface area is 188 Å². The van der Waals surface area contributed by atoms with Gasteiger partial charge in [0, 0.05) is 16.9 Å². The van der Waals surface area contributed by atoms with Gasteiger partial charge in [-0.1, -0.05) is 6.07 Å². The molecule has 0 fully saturated rings. The lowest BCUT2D eigenvalue weighted by atomic mass is 10.2. The van der Waals surface area contributed by atoms with E-state index in [9.17, 15) is 26.4 Å². The minimum atomic E-state index is -4.84. The molecule has 0 bridgehead atoms. The number of methoxy groups -OCH3 is 1. The SMILES string of the molecule is COc1ccc(NS(=O)(=O)c2cc(NC(=O)c3ccc(OC(F)(F)F)cc3)ccc2C)cc1. The number of sulfonamides is 1. The number of anilines is 2. The first-order chi connectivity index (χ1) is 15.5. The summed E-state index contributed by atoms with van der Waals surface area (Å²) < 4.78 is 73.8. The van der Waals surface area contributed by atoms with E-state index >= 15 is 0 Å². The Bertz CT molecular complexity index is 1240. The van der Waals surface area contributed by atoms with E-state index in [4.69, 9.17) is 4.74 Å². The van der Waals surface area contributed by atoms with Crippen LogP contribution in [0, 0.1) is 6.92 Å². The number of hydrogen-bond acceptors (Lipinski definition) is 5. The van der Waals surface area contributed by atoms with Gasteiger partial charge >= 0.3 is 6.36 Å². The van der Waals surface area contributed by atoms with E-state index in [2.05, 4.69) is 14.8 Å². The lowest BCUT2D eigenvalue weighted by molar-refractivity contribution is -0.274. The Balaban J connectivity index is 1.77. The molecular formula is C22H19F3N2O5S. The minimum absolute atomic E-state index is 0.0509. The molecule has 33 heavy (non-hydrogen) atoms. The van der Waals surface area contributed by atoms with Gasteiger partial charge in [-0.3, -0.25) is 9.52 Å². The number of halogens is 3. The number of carbonyl (C=O) groups is 1. The van der Waals surface area contributed by atoms with Crippen molar-refractivity contribution in [1.82, 2.24) is 0 Å². The zero-order valence-corrected chi connectivity index (χ0v) is 18.3. The largest absolute Gasteiger partial charge is 0.573 e. The van der Waals surface area contributed by atoms with Crippen LogP contribution in [0.5, 0.6) is 11.5 Å². The number of benzene rings is 3. The molecule has 0 saturated heterocycles. The summed E-state index contributed by atoms with van der Waals surface area (Å²) in [5, 5.41) is 2.53. The molecule has 0 atom stereocenters. The summed E-state index contributed by atoms with van der Waals surface area (Å²) in [6.45, 7) is 1.60. The predicted octanol–water partition coefficient (Wildman–Crippen LogP) is 4.96. The van der Waals surface area contributed by atoms with E-state index in [0.717, 1.165) is 24.3 Å². The van der Waals surface area contributed by atoms with Crippen molar-refractivity contribution < 1.29 is 35.9 Å². The zero-order valence-electron chi connectivity index (χ0n) is 17.4. The molecule has 3 aromatic rings. The highest BCUT2D eigenvalue weighted by atomic mass is 32.2. The quantitative estimate of drug-likeness (QED) is 0.499. The van der Waals surface area contributed by atoms with E-state index in [1.165, 1.54) is 25.3 Å². The highest BCUT2D eigenvalue weighted by molar-refractivity contribution is 7.92. The fourth-order valence-corrected chi connectivity index (χ4v) is 4.18. The van der Waals surface area contributed by atoms with Crippen molar-refractivity contribution in [3.63, 3.8) is 0 Å². The van der Waals surface area contributed by atoms with Gasteiger partial charge in [0.15, 0.2) is 0 Å². The molecule has 2 N–H and O–H groups in total. The van der Waals surface area contributed by atoms with Crippen LogP contribution in [-0.2, 0) is 10.0 Å². The average molecular weight is 480 g/mol. The number of amides is 1. The molecule has 11 heteroatoms. The molecule has 7 nitrogen and oxygen atoms in total. The molecule has 0 saturated carbocycles. The van der Waals surface area contributed by atoms with Crippen LogP contribution in [0.3, 0.4) is 0 Å². The number of ether oxygens (including phenoxy) is 2. The lowest BCUT2D eigenvalue weighted by Crippen LogP contribution is -2.17. The standard InChI is InChI=1S/C22H19F3N2O5S/c1-14-3-6-17(26-21(28)15-4-9-19(10-5-15)32-22(23,24)25)13-20(14)33(29,30)27-16-7-11-18(31-2)12-8-16/h3-13,27H,1-2H3,(H,26,28). The number of alkyl halides is 3. The third-order valence-corrected chi connectivity index (χ3v) is 5.95. The molecule has 3 rings (SSSR count). The number of nitrogens with one attached hydrogen (secondary N) is 2. The van der Waals surface area contributed by atoms with Crippen LogP contribution in [0.15, 0.2) is 71.6 Å². The number of rotatable bonds is 7. The topological polar surface area (TPSA) is 93.7 Å². The maximum absolute atomic E-state index is 12.9. The lowest BCUT2D eigenvalue weighted by Gasteiger charge is -2.13. The molecule has 0 aromatic heterocycles. The Morgan fingerprint density at radius 2 is 1.45 bits per heavy atom. The molecule has 0 radical (unpaired) electrons. The Morgan fingerprint density at radius 1 is 0.879 bits per heavy atom. The van der Waals surface area contributed by atoms with Gasteiger partial charge in [0.25, 0.3) is 15.9 Å². The van der Waals surface area contributed by atoms with Crippen molar-refractivity contribution >= 4 is 27.3 Å². The molecule has 0 unspecified atom stereocenters. The first kappa shape index (κ1) is 23.9. The second kappa shape index (κ2) is 9.41. The molecule has 0 aliphatic heterocycles. The van der Waals surface area contributed by atoms with Gasteiger partial charge in [-0.25, -0.2) is 8.42 Å². The first-order valence-corrected chi connectivity index (χ1v) is 10.9. The van der Waals surface area contributed by atoms with Crippen LogP contribution >= 0.6 is 0 Å². The summed E-state index contributed by atoms with van der Waals surface area (Å²) in [6.07, 6.45) is -4.84. The molecule has 174 valence electrons. The summed E-state index contributed by atoms with van der Waals surface area (Å²) in [6, 6.07) is 15.0. The minimum Gasteiger partial charge on any atom is -0.497 e. The van der Waals surface area contributed by atoms with Crippen LogP contribution < -0.4 is 19.5 Å². The molecular weight excluding hydrogens is 461 g/mol. The number of carbonyl (C=O) groups excluding carboxylic acids is 1.